The summed E-state index contributed by atoms with van der Waals surface area (Å²) in [6.45, 7) is 0. The van der Waals surface area contributed by atoms with E-state index in [2.05, 4.69) is 4.98 Å². The number of nitrogens with zero attached hydrogens (tertiary/aromatic N) is 1. The summed E-state index contributed by atoms with van der Waals surface area (Å²) in [6, 6.07) is 3.00. The molecule has 1 rings (SSSR count). The first kappa shape index (κ1) is 7.65. The molecule has 0 radical (unpaired) electrons. The predicted octanol–water partition coefficient (Wildman–Crippen LogP) is 1.32. The number of hydrogen-bond acceptors (Lipinski definition) is 2. The smallest absolute Gasteiger partial charge is 0.189 e. The molecule has 0 aromatic carbocycles. The molecule has 0 amide bonds. The van der Waals surface area contributed by atoms with Crippen LogP contribution in [0.4, 0.5) is 0 Å². The molecule has 10 heavy (non-hydrogen) atoms. The van der Waals surface area contributed by atoms with Crippen molar-refractivity contribution in [3.63, 3.8) is 0 Å². The zero-order chi connectivity index (χ0) is 7.56. The average Bonchev–Trinajstić information content (AvgIpc) is 1.88. The summed E-state index contributed by atoms with van der Waals surface area (Å²) in [5, 5.41) is 0.0725. The molecule has 1 aromatic rings. The van der Waals surface area contributed by atoms with Gasteiger partial charge < -0.3 is 4.55 Å². The molecular formula is C5H4ClNO2S. The SMILES string of the molecule is O=S(O)c1cccnc1Cl. The Morgan fingerprint density at radius 1 is 1.70 bits per heavy atom. The Morgan fingerprint density at radius 2 is 2.40 bits per heavy atom. The summed E-state index contributed by atoms with van der Waals surface area (Å²) in [5.41, 5.74) is 0. The van der Waals surface area contributed by atoms with E-state index in [-0.39, 0.29) is 10.0 Å². The number of aromatic nitrogens is 1. The van der Waals surface area contributed by atoms with E-state index in [1.807, 2.05) is 0 Å². The molecule has 1 N–H and O–H groups in total. The highest BCUT2D eigenvalue weighted by Crippen LogP contribution is 2.13. The molecule has 1 unspecified atom stereocenters. The lowest BCUT2D eigenvalue weighted by Crippen LogP contribution is -1.90. The van der Waals surface area contributed by atoms with Gasteiger partial charge in [0, 0.05) is 6.20 Å². The van der Waals surface area contributed by atoms with Crippen LogP contribution in [0, 0.1) is 0 Å². The quantitative estimate of drug-likeness (QED) is 0.520. The minimum atomic E-state index is -2.03. The predicted molar refractivity (Wildman–Crippen MR) is 38.3 cm³/mol. The van der Waals surface area contributed by atoms with Gasteiger partial charge in [-0.3, -0.25) is 0 Å². The second-order valence-corrected chi connectivity index (χ2v) is 2.84. The Morgan fingerprint density at radius 3 is 2.80 bits per heavy atom. The molecule has 0 aliphatic heterocycles. The van der Waals surface area contributed by atoms with Crippen molar-refractivity contribution in [3.05, 3.63) is 23.5 Å². The Bertz CT molecular complexity index is 266. The molecule has 54 valence electrons. The first-order valence-corrected chi connectivity index (χ1v) is 3.91. The van der Waals surface area contributed by atoms with Crippen LogP contribution in [0.3, 0.4) is 0 Å². The van der Waals surface area contributed by atoms with Crippen LogP contribution in [0.2, 0.25) is 5.15 Å². The van der Waals surface area contributed by atoms with Gasteiger partial charge in [-0.25, -0.2) is 9.19 Å². The third-order valence-electron chi connectivity index (χ3n) is 0.913. The van der Waals surface area contributed by atoms with Crippen LogP contribution >= 0.6 is 11.6 Å². The molecule has 3 nitrogen and oxygen atoms in total. The van der Waals surface area contributed by atoms with Crippen LogP contribution in [0.25, 0.3) is 0 Å². The van der Waals surface area contributed by atoms with Crippen molar-refractivity contribution in [2.24, 2.45) is 0 Å². The summed E-state index contributed by atoms with van der Waals surface area (Å²) >= 11 is 3.42. The van der Waals surface area contributed by atoms with E-state index in [0.29, 0.717) is 0 Å². The largest absolute Gasteiger partial charge is 0.302 e. The lowest BCUT2D eigenvalue weighted by molar-refractivity contribution is 0.564. The van der Waals surface area contributed by atoms with Gasteiger partial charge in [0.05, 0.1) is 0 Å². The monoisotopic (exact) mass is 177 g/mol. The normalized spacial score (nSPS) is 13.0. The van der Waals surface area contributed by atoms with Crippen LogP contribution in [0.5, 0.6) is 0 Å². The van der Waals surface area contributed by atoms with Crippen molar-refractivity contribution in [3.8, 4) is 0 Å². The zero-order valence-electron chi connectivity index (χ0n) is 4.82. The van der Waals surface area contributed by atoms with Gasteiger partial charge in [-0.05, 0) is 12.1 Å². The van der Waals surface area contributed by atoms with Crippen LogP contribution in [-0.4, -0.2) is 13.7 Å². The average molecular weight is 178 g/mol. The molecular weight excluding hydrogens is 174 g/mol. The fourth-order valence-corrected chi connectivity index (χ4v) is 1.21. The van der Waals surface area contributed by atoms with E-state index in [9.17, 15) is 4.21 Å². The standard InChI is InChI=1S/C5H4ClNO2S/c6-5-4(10(8)9)2-1-3-7-5/h1-3H,(H,8,9). The van der Waals surface area contributed by atoms with E-state index in [4.69, 9.17) is 16.2 Å². The maximum absolute atomic E-state index is 10.4. The van der Waals surface area contributed by atoms with E-state index in [1.54, 1.807) is 6.07 Å². The molecule has 0 aliphatic carbocycles. The maximum atomic E-state index is 10.4. The molecule has 5 heteroatoms. The fourth-order valence-electron chi connectivity index (χ4n) is 0.502. The van der Waals surface area contributed by atoms with Crippen LogP contribution in [0.1, 0.15) is 0 Å². The van der Waals surface area contributed by atoms with Gasteiger partial charge in [-0.15, -0.1) is 0 Å². The van der Waals surface area contributed by atoms with Crippen LogP contribution in [-0.2, 0) is 11.1 Å². The third-order valence-corrected chi connectivity index (χ3v) is 2.03. The van der Waals surface area contributed by atoms with E-state index in [0.717, 1.165) is 0 Å². The van der Waals surface area contributed by atoms with Gasteiger partial charge >= 0.3 is 0 Å². The Hall–Kier alpha value is -0.450. The summed E-state index contributed by atoms with van der Waals surface area (Å²) in [5.74, 6) is 0. The zero-order valence-corrected chi connectivity index (χ0v) is 6.39. The first-order chi connectivity index (χ1) is 4.72. The molecule has 0 saturated heterocycles. The van der Waals surface area contributed by atoms with E-state index in [1.165, 1.54) is 12.3 Å². The van der Waals surface area contributed by atoms with Crippen molar-refractivity contribution in [1.82, 2.24) is 4.98 Å². The highest BCUT2D eigenvalue weighted by Gasteiger charge is 2.04. The Labute approximate surface area is 65.3 Å². The second kappa shape index (κ2) is 3.09. The van der Waals surface area contributed by atoms with Crippen molar-refractivity contribution in [2.75, 3.05) is 0 Å². The van der Waals surface area contributed by atoms with Gasteiger partial charge in [0.2, 0.25) is 0 Å². The molecule has 0 fully saturated rings. The first-order valence-electron chi connectivity index (χ1n) is 2.43. The summed E-state index contributed by atoms with van der Waals surface area (Å²) in [7, 11) is 0. The lowest BCUT2D eigenvalue weighted by atomic mass is 10.5. The van der Waals surface area contributed by atoms with Crippen molar-refractivity contribution < 1.29 is 8.76 Å². The molecule has 1 atom stereocenters. The van der Waals surface area contributed by atoms with Gasteiger partial charge in [0.15, 0.2) is 11.1 Å². The third kappa shape index (κ3) is 1.53. The lowest BCUT2D eigenvalue weighted by Gasteiger charge is -1.94. The summed E-state index contributed by atoms with van der Waals surface area (Å²) < 4.78 is 19.0. The molecule has 0 saturated carbocycles. The van der Waals surface area contributed by atoms with Gasteiger partial charge in [-0.2, -0.15) is 0 Å². The fraction of sp³-hybridized carbons (Fsp3) is 0. The highest BCUT2D eigenvalue weighted by atomic mass is 35.5. The van der Waals surface area contributed by atoms with Crippen molar-refractivity contribution in [2.45, 2.75) is 4.90 Å². The molecule has 0 aliphatic rings. The Kier molecular flexibility index (Phi) is 2.37. The van der Waals surface area contributed by atoms with Crippen LogP contribution in [0.15, 0.2) is 23.2 Å². The molecule has 0 bridgehead atoms. The van der Waals surface area contributed by atoms with E-state index >= 15 is 0 Å². The number of rotatable bonds is 1. The molecule has 0 spiro atoms. The highest BCUT2D eigenvalue weighted by molar-refractivity contribution is 7.79. The summed E-state index contributed by atoms with van der Waals surface area (Å²) in [4.78, 5) is 3.76. The summed E-state index contributed by atoms with van der Waals surface area (Å²) in [6.07, 6.45) is 1.46. The van der Waals surface area contributed by atoms with Gasteiger partial charge in [-0.1, -0.05) is 11.6 Å². The van der Waals surface area contributed by atoms with Gasteiger partial charge in [0.25, 0.3) is 0 Å². The van der Waals surface area contributed by atoms with Crippen molar-refractivity contribution in [1.29, 1.82) is 0 Å². The topological polar surface area (TPSA) is 50.2 Å². The van der Waals surface area contributed by atoms with Crippen molar-refractivity contribution >= 4 is 22.7 Å². The molecule has 1 aromatic heterocycles. The minimum absolute atomic E-state index is 0.0725. The number of pyridine rings is 1. The van der Waals surface area contributed by atoms with E-state index < -0.39 is 11.1 Å². The minimum Gasteiger partial charge on any atom is -0.302 e. The Balaban J connectivity index is 3.15. The second-order valence-electron chi connectivity index (χ2n) is 1.54. The van der Waals surface area contributed by atoms with Crippen LogP contribution < -0.4 is 0 Å². The number of hydrogen-bond donors (Lipinski definition) is 1. The number of halogens is 1. The molecule has 1 heterocycles. The maximum Gasteiger partial charge on any atom is 0.189 e. The van der Waals surface area contributed by atoms with Gasteiger partial charge in [0.1, 0.15) is 10.0 Å².